The summed E-state index contributed by atoms with van der Waals surface area (Å²) in [5, 5.41) is 13.2. The summed E-state index contributed by atoms with van der Waals surface area (Å²) in [5.74, 6) is -0.883. The zero-order valence-corrected chi connectivity index (χ0v) is 10.0. The summed E-state index contributed by atoms with van der Waals surface area (Å²) in [6.07, 6.45) is 0. The number of aromatic nitrogens is 1. The zero-order chi connectivity index (χ0) is 12.4. The maximum absolute atomic E-state index is 11.0. The van der Waals surface area contributed by atoms with E-state index in [9.17, 15) is 4.79 Å². The predicted octanol–water partition coefficient (Wildman–Crippen LogP) is 2.08. The van der Waals surface area contributed by atoms with Gasteiger partial charge in [0.1, 0.15) is 0 Å². The minimum absolute atomic E-state index is 0.335. The van der Waals surface area contributed by atoms with Gasteiger partial charge < -0.3 is 15.0 Å². The zero-order valence-electron chi connectivity index (χ0n) is 10.0. The monoisotopic (exact) mass is 232 g/mol. The molecule has 0 saturated heterocycles. The number of aryl methyl sites for hydroxylation is 1. The first kappa shape index (κ1) is 11.7. The number of hydrogen-bond acceptors (Lipinski definition) is 2. The van der Waals surface area contributed by atoms with Crippen LogP contribution in [0.5, 0.6) is 0 Å². The van der Waals surface area contributed by atoms with Crippen molar-refractivity contribution in [3.63, 3.8) is 0 Å². The first-order valence-corrected chi connectivity index (χ1v) is 5.67. The summed E-state index contributed by atoms with van der Waals surface area (Å²) in [4.78, 5) is 11.0. The summed E-state index contributed by atoms with van der Waals surface area (Å²) in [7, 11) is 1.90. The molecule has 90 valence electrons. The molecule has 1 aromatic carbocycles. The van der Waals surface area contributed by atoms with Crippen LogP contribution in [0.4, 0.5) is 0 Å². The lowest BCUT2D eigenvalue weighted by molar-refractivity contribution is 0.0697. The number of aromatic carboxylic acids is 1. The van der Waals surface area contributed by atoms with Crippen LogP contribution < -0.4 is 5.32 Å². The number of benzene rings is 1. The lowest BCUT2D eigenvalue weighted by Gasteiger charge is -2.07. The average Bonchev–Trinajstić information content (AvgIpc) is 2.65. The Morgan fingerprint density at radius 2 is 2.18 bits per heavy atom. The number of nitrogens with one attached hydrogen (secondary N) is 1. The van der Waals surface area contributed by atoms with Gasteiger partial charge in [0, 0.05) is 24.3 Å². The molecular weight excluding hydrogens is 216 g/mol. The molecule has 4 heteroatoms. The van der Waals surface area contributed by atoms with E-state index < -0.39 is 5.97 Å². The molecule has 4 nitrogen and oxygen atoms in total. The number of carboxylic acids is 1. The number of rotatable bonds is 4. The normalized spacial score (nSPS) is 10.9. The summed E-state index contributed by atoms with van der Waals surface area (Å²) in [6.45, 7) is 3.68. The van der Waals surface area contributed by atoms with Crippen LogP contribution in [0.2, 0.25) is 0 Å². The van der Waals surface area contributed by atoms with E-state index in [4.69, 9.17) is 5.11 Å². The van der Waals surface area contributed by atoms with E-state index in [1.807, 2.05) is 13.1 Å². The molecule has 0 spiro atoms. The Labute approximate surface area is 99.9 Å². The molecule has 0 bridgehead atoms. The second-order valence-electron chi connectivity index (χ2n) is 3.99. The maximum atomic E-state index is 11.0. The molecule has 0 aliphatic carbocycles. The molecule has 0 unspecified atom stereocenters. The second kappa shape index (κ2) is 4.59. The van der Waals surface area contributed by atoms with Crippen LogP contribution in [0.1, 0.15) is 23.0 Å². The topological polar surface area (TPSA) is 54.3 Å². The number of hydrogen-bond donors (Lipinski definition) is 2. The van der Waals surface area contributed by atoms with Gasteiger partial charge in [0.2, 0.25) is 0 Å². The molecule has 0 aliphatic heterocycles. The Hall–Kier alpha value is -1.81. The number of nitrogens with zero attached hydrogens (tertiary/aromatic N) is 1. The van der Waals surface area contributed by atoms with E-state index in [-0.39, 0.29) is 0 Å². The van der Waals surface area contributed by atoms with E-state index in [1.165, 1.54) is 5.69 Å². The van der Waals surface area contributed by atoms with Gasteiger partial charge in [-0.25, -0.2) is 4.79 Å². The largest absolute Gasteiger partial charge is 0.478 e. The Kier molecular flexibility index (Phi) is 3.15. The Morgan fingerprint density at radius 3 is 2.76 bits per heavy atom. The minimum atomic E-state index is -0.883. The van der Waals surface area contributed by atoms with Crippen LogP contribution in [0.25, 0.3) is 10.9 Å². The molecule has 0 fully saturated rings. The highest BCUT2D eigenvalue weighted by molar-refractivity contribution is 5.93. The Balaban J connectivity index is 2.62. The van der Waals surface area contributed by atoms with Crippen molar-refractivity contribution in [3.05, 3.63) is 35.5 Å². The highest BCUT2D eigenvalue weighted by Gasteiger charge is 2.10. The third-order valence-corrected chi connectivity index (χ3v) is 2.91. The Bertz CT molecular complexity index is 558. The molecule has 0 radical (unpaired) electrons. The molecule has 0 saturated carbocycles. The quantitative estimate of drug-likeness (QED) is 0.848. The molecule has 0 aliphatic rings. The van der Waals surface area contributed by atoms with Crippen molar-refractivity contribution in [2.75, 3.05) is 7.05 Å². The van der Waals surface area contributed by atoms with Gasteiger partial charge in [-0.3, -0.25) is 0 Å². The van der Waals surface area contributed by atoms with E-state index in [2.05, 4.69) is 22.9 Å². The second-order valence-corrected chi connectivity index (χ2v) is 3.99. The van der Waals surface area contributed by atoms with Crippen LogP contribution in [0.3, 0.4) is 0 Å². The summed E-state index contributed by atoms with van der Waals surface area (Å²) < 4.78 is 2.14. The van der Waals surface area contributed by atoms with Gasteiger partial charge in [0.05, 0.1) is 5.56 Å². The smallest absolute Gasteiger partial charge is 0.335 e. The van der Waals surface area contributed by atoms with Crippen molar-refractivity contribution in [3.8, 4) is 0 Å². The van der Waals surface area contributed by atoms with Crippen molar-refractivity contribution in [1.29, 1.82) is 0 Å². The number of fused-ring (bicyclic) bond motifs is 1. The lowest BCUT2D eigenvalue weighted by Crippen LogP contribution is -2.10. The lowest BCUT2D eigenvalue weighted by atomic mass is 10.1. The predicted molar refractivity (Wildman–Crippen MR) is 67.3 cm³/mol. The molecule has 1 aromatic heterocycles. The van der Waals surface area contributed by atoms with E-state index in [0.717, 1.165) is 24.0 Å². The maximum Gasteiger partial charge on any atom is 0.335 e. The van der Waals surface area contributed by atoms with Crippen molar-refractivity contribution >= 4 is 16.9 Å². The van der Waals surface area contributed by atoms with Gasteiger partial charge in [-0.2, -0.15) is 0 Å². The molecule has 2 N–H and O–H groups in total. The molecule has 0 amide bonds. The standard InChI is InChI=1S/C13H16N2O2/c1-3-15-11(8-14-2)6-9-4-5-10(13(16)17)7-12(9)15/h4-7,14H,3,8H2,1-2H3,(H,16,17). The van der Waals surface area contributed by atoms with Crippen LogP contribution in [-0.4, -0.2) is 22.7 Å². The van der Waals surface area contributed by atoms with Gasteiger partial charge in [-0.15, -0.1) is 0 Å². The fourth-order valence-corrected chi connectivity index (χ4v) is 2.15. The molecule has 0 atom stereocenters. The summed E-state index contributed by atoms with van der Waals surface area (Å²) >= 11 is 0. The van der Waals surface area contributed by atoms with Gasteiger partial charge >= 0.3 is 5.97 Å². The Morgan fingerprint density at radius 1 is 1.41 bits per heavy atom. The van der Waals surface area contributed by atoms with Gasteiger partial charge in [0.15, 0.2) is 0 Å². The number of carboxylic acid groups (broad SMARTS) is 1. The fourth-order valence-electron chi connectivity index (χ4n) is 2.15. The highest BCUT2D eigenvalue weighted by atomic mass is 16.4. The van der Waals surface area contributed by atoms with Gasteiger partial charge in [-0.1, -0.05) is 6.07 Å². The van der Waals surface area contributed by atoms with E-state index >= 15 is 0 Å². The van der Waals surface area contributed by atoms with Crippen molar-refractivity contribution < 1.29 is 9.90 Å². The van der Waals surface area contributed by atoms with Crippen LogP contribution in [0, 0.1) is 0 Å². The van der Waals surface area contributed by atoms with Crippen LogP contribution >= 0.6 is 0 Å². The minimum Gasteiger partial charge on any atom is -0.478 e. The van der Waals surface area contributed by atoms with Crippen LogP contribution in [-0.2, 0) is 13.1 Å². The van der Waals surface area contributed by atoms with Gasteiger partial charge in [-0.05, 0) is 37.6 Å². The van der Waals surface area contributed by atoms with Crippen molar-refractivity contribution in [2.45, 2.75) is 20.0 Å². The molecular formula is C13H16N2O2. The van der Waals surface area contributed by atoms with Gasteiger partial charge in [0.25, 0.3) is 0 Å². The van der Waals surface area contributed by atoms with Crippen LogP contribution in [0.15, 0.2) is 24.3 Å². The molecule has 2 rings (SSSR count). The fraction of sp³-hybridized carbons (Fsp3) is 0.308. The average molecular weight is 232 g/mol. The first-order valence-electron chi connectivity index (χ1n) is 5.67. The summed E-state index contributed by atoms with van der Waals surface area (Å²) in [6, 6.07) is 7.35. The molecule has 2 aromatic rings. The van der Waals surface area contributed by atoms with E-state index in [1.54, 1.807) is 12.1 Å². The summed E-state index contributed by atoms with van der Waals surface area (Å²) in [5.41, 5.74) is 2.49. The highest BCUT2D eigenvalue weighted by Crippen LogP contribution is 2.21. The van der Waals surface area contributed by atoms with E-state index in [0.29, 0.717) is 5.56 Å². The van der Waals surface area contributed by atoms with Crippen molar-refractivity contribution in [2.24, 2.45) is 0 Å². The van der Waals surface area contributed by atoms with Crippen molar-refractivity contribution in [1.82, 2.24) is 9.88 Å². The first-order chi connectivity index (χ1) is 8.17. The third-order valence-electron chi connectivity index (χ3n) is 2.91. The molecule has 1 heterocycles. The molecule has 17 heavy (non-hydrogen) atoms. The SMILES string of the molecule is CCn1c(CNC)cc2ccc(C(=O)O)cc21. The number of carbonyl (C=O) groups is 1. The third kappa shape index (κ3) is 2.03.